The smallest absolute Gasteiger partial charge is 0.407 e. The molecule has 4 rings (SSSR count). The number of hydrogen-bond donors (Lipinski definition) is 0. The zero-order valence-electron chi connectivity index (χ0n) is 21.8. The first-order valence-corrected chi connectivity index (χ1v) is 12.3. The van der Waals surface area contributed by atoms with Gasteiger partial charge in [0.2, 0.25) is 0 Å². The van der Waals surface area contributed by atoms with E-state index in [4.69, 9.17) is 9.47 Å². The summed E-state index contributed by atoms with van der Waals surface area (Å²) in [6.45, 7) is 1.85. The zero-order valence-corrected chi connectivity index (χ0v) is 21.8. The van der Waals surface area contributed by atoms with Crippen LogP contribution in [0.15, 0.2) is 53.6 Å². The molecule has 15 heteroatoms. The second kappa shape index (κ2) is 11.6. The topological polar surface area (TPSA) is 68.9 Å². The van der Waals surface area contributed by atoms with E-state index in [1.165, 1.54) is 6.20 Å². The van der Waals surface area contributed by atoms with Gasteiger partial charge in [-0.2, -0.15) is 26.3 Å². The van der Waals surface area contributed by atoms with E-state index in [0.717, 1.165) is 53.5 Å². The number of imidazole rings is 1. The van der Waals surface area contributed by atoms with Gasteiger partial charge in [-0.15, -0.1) is 0 Å². The predicted octanol–water partition coefficient (Wildman–Crippen LogP) is 5.17. The van der Waals surface area contributed by atoms with Crippen molar-refractivity contribution in [3.05, 3.63) is 76.2 Å². The van der Waals surface area contributed by atoms with Crippen LogP contribution in [0.5, 0.6) is 5.75 Å². The van der Waals surface area contributed by atoms with E-state index in [0.29, 0.717) is 30.2 Å². The number of morpholine rings is 1. The molecule has 1 amide bonds. The minimum absolute atomic E-state index is 0.0253. The van der Waals surface area contributed by atoms with Gasteiger partial charge in [-0.3, -0.25) is 14.0 Å². The molecule has 0 radical (unpaired) electrons. The fraction of sp³-hybridized carbons (Fsp3) is 0.385. The Bertz CT molecular complexity index is 1450. The van der Waals surface area contributed by atoms with Crippen LogP contribution in [0.1, 0.15) is 17.5 Å². The molecule has 1 aliphatic rings. The van der Waals surface area contributed by atoms with E-state index in [1.807, 2.05) is 11.9 Å². The highest BCUT2D eigenvalue weighted by Crippen LogP contribution is 2.44. The number of alkyl halides is 6. The van der Waals surface area contributed by atoms with Crippen LogP contribution in [0.2, 0.25) is 0 Å². The quantitative estimate of drug-likeness (QED) is 0.371. The van der Waals surface area contributed by atoms with Crippen molar-refractivity contribution in [1.82, 2.24) is 14.0 Å². The largest absolute Gasteiger partial charge is 0.420 e. The molecule has 1 fully saturated rings. The number of benzene rings is 2. The number of anilines is 1. The summed E-state index contributed by atoms with van der Waals surface area (Å²) in [7, 11) is 3.00. The molecule has 222 valence electrons. The molecule has 1 atom stereocenters. The van der Waals surface area contributed by atoms with Crippen LogP contribution >= 0.6 is 0 Å². The van der Waals surface area contributed by atoms with E-state index in [9.17, 15) is 40.3 Å². The number of nitrogens with zero attached hydrogens (tertiary/aromatic N) is 4. The Hall–Kier alpha value is -3.85. The lowest BCUT2D eigenvalue weighted by Gasteiger charge is -2.30. The van der Waals surface area contributed by atoms with Gasteiger partial charge in [0.1, 0.15) is 11.4 Å². The Morgan fingerprint density at radius 2 is 1.76 bits per heavy atom. The van der Waals surface area contributed by atoms with Crippen LogP contribution in [-0.4, -0.2) is 60.0 Å². The van der Waals surface area contributed by atoms with Gasteiger partial charge in [0.05, 0.1) is 24.0 Å². The molecule has 2 heterocycles. The second-order valence-electron chi connectivity index (χ2n) is 9.46. The number of aromatic nitrogens is 2. The highest BCUT2D eigenvalue weighted by atomic mass is 19.4. The van der Waals surface area contributed by atoms with Gasteiger partial charge in [0.25, 0.3) is 0 Å². The summed E-state index contributed by atoms with van der Waals surface area (Å²) in [6.07, 6.45) is -9.72. The van der Waals surface area contributed by atoms with E-state index in [2.05, 4.69) is 0 Å². The highest BCUT2D eigenvalue weighted by molar-refractivity contribution is 5.89. The minimum atomic E-state index is -5.41. The fourth-order valence-corrected chi connectivity index (χ4v) is 4.29. The molecule has 2 aromatic carbocycles. The normalized spacial score (nSPS) is 16.6. The number of rotatable bonds is 6. The van der Waals surface area contributed by atoms with Crippen LogP contribution in [0.3, 0.4) is 0 Å². The Morgan fingerprint density at radius 3 is 2.37 bits per heavy atom. The monoisotopic (exact) mass is 590 g/mol. The number of aryl methyl sites for hydroxylation is 1. The maximum absolute atomic E-state index is 14.1. The number of ether oxygens (including phenoxy) is 2. The number of carbonyl (C=O) groups excluding carboxylic acids is 1. The van der Waals surface area contributed by atoms with Crippen molar-refractivity contribution in [3.8, 4) is 11.4 Å². The summed E-state index contributed by atoms with van der Waals surface area (Å²) in [5, 5.41) is 0. The Kier molecular flexibility index (Phi) is 8.49. The van der Waals surface area contributed by atoms with Crippen LogP contribution in [0.4, 0.5) is 41.2 Å². The van der Waals surface area contributed by atoms with Crippen molar-refractivity contribution in [2.24, 2.45) is 0 Å². The summed E-state index contributed by atoms with van der Waals surface area (Å²) in [4.78, 5) is 28.8. The lowest BCUT2D eigenvalue weighted by molar-refractivity contribution is -0.143. The molecular formula is C26H25F7N4O4. The molecule has 0 saturated carbocycles. The molecule has 1 aliphatic heterocycles. The third kappa shape index (κ3) is 6.90. The third-order valence-electron chi connectivity index (χ3n) is 6.52. The van der Waals surface area contributed by atoms with Crippen LogP contribution in [0.25, 0.3) is 5.69 Å². The summed E-state index contributed by atoms with van der Waals surface area (Å²) in [6, 6.07) is 4.38. The average molecular weight is 590 g/mol. The number of hydrogen-bond acceptors (Lipinski definition) is 5. The second-order valence-corrected chi connectivity index (χ2v) is 9.46. The third-order valence-corrected chi connectivity index (χ3v) is 6.52. The van der Waals surface area contributed by atoms with E-state index in [1.54, 1.807) is 0 Å². The van der Waals surface area contributed by atoms with Crippen molar-refractivity contribution in [3.63, 3.8) is 0 Å². The number of halogens is 7. The van der Waals surface area contributed by atoms with Crippen molar-refractivity contribution in [2.45, 2.75) is 31.4 Å². The Balaban J connectivity index is 1.76. The van der Waals surface area contributed by atoms with Crippen LogP contribution in [0, 0.1) is 5.82 Å². The zero-order chi connectivity index (χ0) is 30.1. The molecule has 0 N–H and O–H groups in total. The molecule has 1 saturated heterocycles. The van der Waals surface area contributed by atoms with Gasteiger partial charge < -0.3 is 14.4 Å². The minimum Gasteiger partial charge on any atom is -0.407 e. The molecule has 1 unspecified atom stereocenters. The first-order valence-electron chi connectivity index (χ1n) is 12.3. The van der Waals surface area contributed by atoms with Gasteiger partial charge in [-0.05, 0) is 49.9 Å². The summed E-state index contributed by atoms with van der Waals surface area (Å²) in [5.41, 5.74) is -5.49. The van der Waals surface area contributed by atoms with Crippen LogP contribution in [-0.2, 0) is 23.6 Å². The standard InChI is InChI=1S/C26H25F7N4O4/c1-34-11-12-40-19(15-34)7-8-36-9-10-37(23(36)38)21-14-16(25(28,29)30)13-20(26(31,32)33)22(21)41-24(39)35(2)18-5-3-17(27)4-6-18/h3-6,9-10,13-14,19H,7-8,11-12,15H2,1-2H3. The molecule has 41 heavy (non-hydrogen) atoms. The Labute approximate surface area is 229 Å². The lowest BCUT2D eigenvalue weighted by atomic mass is 10.1. The van der Waals surface area contributed by atoms with Crippen molar-refractivity contribution < 1.29 is 45.0 Å². The summed E-state index contributed by atoms with van der Waals surface area (Å²) >= 11 is 0. The van der Waals surface area contributed by atoms with Gasteiger partial charge in [0, 0.05) is 44.8 Å². The molecule has 0 bridgehead atoms. The molecular weight excluding hydrogens is 565 g/mol. The maximum Gasteiger partial charge on any atom is 0.420 e. The molecule has 0 spiro atoms. The van der Waals surface area contributed by atoms with E-state index in [-0.39, 0.29) is 24.4 Å². The predicted molar refractivity (Wildman–Crippen MR) is 133 cm³/mol. The summed E-state index contributed by atoms with van der Waals surface area (Å²) in [5.74, 6) is -1.95. The van der Waals surface area contributed by atoms with Crippen LogP contribution < -0.4 is 15.3 Å². The van der Waals surface area contributed by atoms with Crippen molar-refractivity contribution in [1.29, 1.82) is 0 Å². The van der Waals surface area contributed by atoms with Gasteiger partial charge in [0.15, 0.2) is 5.75 Å². The summed E-state index contributed by atoms with van der Waals surface area (Å²) < 4.78 is 109. The van der Waals surface area contributed by atoms with E-state index < -0.39 is 52.5 Å². The number of carbonyl (C=O) groups is 1. The molecule has 1 aromatic heterocycles. The number of amides is 1. The first kappa shape index (κ1) is 30.1. The molecule has 3 aromatic rings. The van der Waals surface area contributed by atoms with Gasteiger partial charge in [-0.25, -0.2) is 14.0 Å². The number of likely N-dealkylation sites (N-methyl/N-ethyl adjacent to an activating group) is 1. The SMILES string of the molecule is CN1CCOC(CCn2ccn(-c3cc(C(F)(F)F)cc(C(F)(F)F)c3OC(=O)N(C)c3ccc(F)cc3)c2=O)C1. The Morgan fingerprint density at radius 1 is 1.07 bits per heavy atom. The van der Waals surface area contributed by atoms with Crippen molar-refractivity contribution in [2.75, 3.05) is 38.7 Å². The molecule has 8 nitrogen and oxygen atoms in total. The fourth-order valence-electron chi connectivity index (χ4n) is 4.29. The average Bonchev–Trinajstić information content (AvgIpc) is 3.26. The van der Waals surface area contributed by atoms with E-state index >= 15 is 0 Å². The molecule has 0 aliphatic carbocycles. The maximum atomic E-state index is 14.1. The van der Waals surface area contributed by atoms with Gasteiger partial charge >= 0.3 is 24.1 Å². The van der Waals surface area contributed by atoms with Crippen molar-refractivity contribution >= 4 is 11.8 Å². The highest BCUT2D eigenvalue weighted by Gasteiger charge is 2.42. The van der Waals surface area contributed by atoms with Gasteiger partial charge in [-0.1, -0.05) is 0 Å². The first-order chi connectivity index (χ1) is 19.1. The lowest BCUT2D eigenvalue weighted by Crippen LogP contribution is -2.40.